The van der Waals surface area contributed by atoms with E-state index in [0.717, 1.165) is 35.6 Å². The molecule has 2 aromatic heterocycles. The molecule has 0 spiro atoms. The van der Waals surface area contributed by atoms with Crippen LogP contribution in [0.15, 0.2) is 224 Å². The molecule has 64 heavy (non-hydrogen) atoms. The van der Waals surface area contributed by atoms with Gasteiger partial charge in [-0.1, -0.05) is 164 Å². The van der Waals surface area contributed by atoms with Gasteiger partial charge in [-0.25, -0.2) is 0 Å². The summed E-state index contributed by atoms with van der Waals surface area (Å²) in [5, 5.41) is 3.95. The average Bonchev–Trinajstić information content (AvgIpc) is 3.95. The highest BCUT2D eigenvalue weighted by molar-refractivity contribution is 7.26. The second kappa shape index (κ2) is 16.3. The minimum Gasteiger partial charge on any atom is -0.311 e. The maximum absolute atomic E-state index is 2.50. The molecule has 0 N–H and O–H groups in total. The molecule has 0 saturated heterocycles. The predicted molar refractivity (Wildman–Crippen MR) is 278 cm³/mol. The predicted octanol–water partition coefficient (Wildman–Crippen LogP) is 18.2. The number of thiophene rings is 2. The molecule has 0 bridgehead atoms. The topological polar surface area (TPSA) is 6.48 Å². The van der Waals surface area contributed by atoms with Crippen LogP contribution < -0.4 is 9.80 Å². The molecule has 0 fully saturated rings. The Hall–Kier alpha value is -7.50. The lowest BCUT2D eigenvalue weighted by Crippen LogP contribution is -2.10. The Morgan fingerprint density at radius 1 is 0.328 bits per heavy atom. The molecule has 0 radical (unpaired) electrons. The Morgan fingerprint density at radius 3 is 1.36 bits per heavy atom. The van der Waals surface area contributed by atoms with Crippen LogP contribution in [-0.4, -0.2) is 0 Å². The molecule has 0 saturated carbocycles. The summed E-state index contributed by atoms with van der Waals surface area (Å²) >= 11 is 3.85. The lowest BCUT2D eigenvalue weighted by atomic mass is 10.00. The largest absolute Gasteiger partial charge is 0.311 e. The van der Waals surface area contributed by atoms with Crippen LogP contribution in [0.1, 0.15) is 16.9 Å². The summed E-state index contributed by atoms with van der Waals surface area (Å²) in [6, 6.07) is 79.6. The van der Waals surface area contributed by atoms with Crippen molar-refractivity contribution >= 4 is 93.1 Å². The first-order valence-corrected chi connectivity index (χ1v) is 23.6. The van der Waals surface area contributed by atoms with Crippen LogP contribution in [0.5, 0.6) is 0 Å². The van der Waals surface area contributed by atoms with Crippen LogP contribution >= 0.6 is 22.7 Å². The number of nitrogens with zero attached hydrogens (tertiary/aromatic N) is 2. The fourth-order valence-electron chi connectivity index (χ4n) is 9.37. The van der Waals surface area contributed by atoms with Gasteiger partial charge in [0.05, 0.1) is 20.8 Å². The van der Waals surface area contributed by atoms with Crippen LogP contribution in [0.4, 0.5) is 34.1 Å². The van der Waals surface area contributed by atoms with E-state index in [-0.39, 0.29) is 0 Å². The Morgan fingerprint density at radius 2 is 0.766 bits per heavy atom. The smallest absolute Gasteiger partial charge is 0.0640 e. The molecule has 0 atom stereocenters. The van der Waals surface area contributed by atoms with Gasteiger partial charge in [0.1, 0.15) is 0 Å². The van der Waals surface area contributed by atoms with Gasteiger partial charge >= 0.3 is 0 Å². The lowest BCUT2D eigenvalue weighted by Gasteiger charge is -2.27. The molecule has 2 nitrogen and oxygen atoms in total. The van der Waals surface area contributed by atoms with E-state index in [9.17, 15) is 0 Å². The number of allylic oxidation sites excluding steroid dienone is 1. The van der Waals surface area contributed by atoms with Gasteiger partial charge in [-0.2, -0.15) is 0 Å². The van der Waals surface area contributed by atoms with Crippen molar-refractivity contribution in [1.82, 2.24) is 0 Å². The van der Waals surface area contributed by atoms with Crippen molar-refractivity contribution in [3.63, 3.8) is 0 Å². The highest BCUT2D eigenvalue weighted by Gasteiger charge is 2.23. The molecule has 304 valence electrons. The van der Waals surface area contributed by atoms with Gasteiger partial charge in [0.2, 0.25) is 0 Å². The molecule has 12 rings (SSSR count). The average molecular weight is 855 g/mol. The van der Waals surface area contributed by atoms with Gasteiger partial charge in [-0.15, -0.1) is 22.7 Å². The minimum atomic E-state index is 1.10. The van der Waals surface area contributed by atoms with Crippen LogP contribution in [0.25, 0.3) is 69.7 Å². The third-order valence-corrected chi connectivity index (χ3v) is 15.1. The Balaban J connectivity index is 0.882. The first kappa shape index (κ1) is 38.2. The molecule has 0 unspecified atom stereocenters. The van der Waals surface area contributed by atoms with E-state index in [0.29, 0.717) is 0 Å². The number of para-hydroxylation sites is 1. The number of hydrogen-bond acceptors (Lipinski definition) is 4. The van der Waals surface area contributed by atoms with Crippen molar-refractivity contribution in [2.45, 2.75) is 12.8 Å². The summed E-state index contributed by atoms with van der Waals surface area (Å²) in [5.74, 6) is 0. The van der Waals surface area contributed by atoms with Crippen LogP contribution in [0.2, 0.25) is 0 Å². The second-order valence-electron chi connectivity index (χ2n) is 16.4. The molecular formula is C60H42N2S2. The highest BCUT2D eigenvalue weighted by Crippen LogP contribution is 2.49. The molecule has 11 aromatic rings. The van der Waals surface area contributed by atoms with Crippen molar-refractivity contribution in [1.29, 1.82) is 0 Å². The standard InChI is InChI=1S/C60H42N2S2/c1-3-13-41(14-4-1)42-25-27-43(28-26-42)44-29-35-48(36-30-44)61(47-15-5-2-6-16-47)49-37-31-45(32-38-49)46-33-39-50(40-34-46)62(55-21-11-19-53-51-17-7-9-23-57(51)63-59(53)55)56-22-12-20-54-52-18-8-10-24-58(52)64-60(54)56/h1-9,11-23,25-40H,10,24H2. The van der Waals surface area contributed by atoms with Gasteiger partial charge in [-0.05, 0) is 119 Å². The van der Waals surface area contributed by atoms with Crippen molar-refractivity contribution in [3.8, 4) is 33.4 Å². The van der Waals surface area contributed by atoms with Gasteiger partial charge in [0.15, 0.2) is 0 Å². The van der Waals surface area contributed by atoms with Gasteiger partial charge in [0, 0.05) is 48.5 Å². The molecule has 0 amide bonds. The Bertz CT molecular complexity index is 3460. The van der Waals surface area contributed by atoms with E-state index < -0.39 is 0 Å². The molecule has 9 aromatic carbocycles. The van der Waals surface area contributed by atoms with Crippen molar-refractivity contribution in [2.24, 2.45) is 0 Å². The van der Waals surface area contributed by atoms with Crippen molar-refractivity contribution < 1.29 is 0 Å². The number of anilines is 6. The van der Waals surface area contributed by atoms with E-state index in [1.165, 1.54) is 85.5 Å². The molecular weight excluding hydrogens is 813 g/mol. The van der Waals surface area contributed by atoms with E-state index in [1.54, 1.807) is 0 Å². The van der Waals surface area contributed by atoms with E-state index in [2.05, 4.69) is 240 Å². The number of rotatable bonds is 9. The Kier molecular flexibility index (Phi) is 9.74. The minimum absolute atomic E-state index is 1.10. The summed E-state index contributed by atoms with van der Waals surface area (Å²) in [5.41, 5.74) is 15.5. The van der Waals surface area contributed by atoms with Crippen molar-refractivity contribution in [2.75, 3.05) is 9.80 Å². The maximum Gasteiger partial charge on any atom is 0.0640 e. The molecule has 0 aliphatic heterocycles. The lowest BCUT2D eigenvalue weighted by molar-refractivity contribution is 1.02. The van der Waals surface area contributed by atoms with Gasteiger partial charge in [-0.3, -0.25) is 0 Å². The zero-order chi connectivity index (χ0) is 42.4. The summed E-state index contributed by atoms with van der Waals surface area (Å²) in [6.07, 6.45) is 6.86. The van der Waals surface area contributed by atoms with E-state index in [4.69, 9.17) is 0 Å². The molecule has 1 aliphatic rings. The van der Waals surface area contributed by atoms with Crippen LogP contribution in [0, 0.1) is 0 Å². The molecule has 4 heteroatoms. The number of hydrogen-bond donors (Lipinski definition) is 0. The van der Waals surface area contributed by atoms with Crippen LogP contribution in [0.3, 0.4) is 0 Å². The molecule has 1 aliphatic carbocycles. The number of benzene rings is 9. The number of aryl methyl sites for hydroxylation is 1. The molecule has 2 heterocycles. The quantitative estimate of drug-likeness (QED) is 0.143. The van der Waals surface area contributed by atoms with Crippen LogP contribution in [-0.2, 0) is 6.42 Å². The first-order chi connectivity index (χ1) is 31.7. The summed E-state index contributed by atoms with van der Waals surface area (Å²) in [4.78, 5) is 6.32. The third kappa shape index (κ3) is 6.89. The second-order valence-corrected chi connectivity index (χ2v) is 18.5. The SMILES string of the molecule is C1=Cc2c(sc3c(N(c4ccc(-c5ccc(N(c6ccccc6)c6ccc(-c7ccc(-c8ccccc8)cc7)cc6)cc5)cc4)c4cccc5c4sc4ccccc45)cccc23)CC1. The fraction of sp³-hybridized carbons (Fsp3) is 0.0333. The fourth-order valence-corrected chi connectivity index (χ4v) is 11.9. The summed E-state index contributed by atoms with van der Waals surface area (Å²) < 4.78 is 3.95. The zero-order valence-corrected chi connectivity index (χ0v) is 36.7. The summed E-state index contributed by atoms with van der Waals surface area (Å²) in [7, 11) is 0. The van der Waals surface area contributed by atoms with Gasteiger partial charge < -0.3 is 9.80 Å². The van der Waals surface area contributed by atoms with Crippen molar-refractivity contribution in [3.05, 3.63) is 235 Å². The third-order valence-electron chi connectivity index (χ3n) is 12.5. The normalized spacial score (nSPS) is 12.2. The maximum atomic E-state index is 2.50. The first-order valence-electron chi connectivity index (χ1n) is 22.0. The highest BCUT2D eigenvalue weighted by atomic mass is 32.1. The number of fused-ring (bicyclic) bond motifs is 6. The zero-order valence-electron chi connectivity index (χ0n) is 35.1. The Labute approximate surface area is 381 Å². The van der Waals surface area contributed by atoms with Gasteiger partial charge in [0.25, 0.3) is 0 Å². The monoisotopic (exact) mass is 854 g/mol. The summed E-state index contributed by atoms with van der Waals surface area (Å²) in [6.45, 7) is 0. The van der Waals surface area contributed by atoms with E-state index >= 15 is 0 Å². The van der Waals surface area contributed by atoms with E-state index in [1.807, 2.05) is 22.7 Å².